The molecule has 5 rings (SSSR count). The van der Waals surface area contributed by atoms with Crippen molar-refractivity contribution in [2.75, 3.05) is 0 Å². The second-order valence-electron chi connectivity index (χ2n) is 8.07. The first-order chi connectivity index (χ1) is 14.3. The molecule has 0 bridgehead atoms. The number of hydrogen-bond acceptors (Lipinski definition) is 6. The van der Waals surface area contributed by atoms with Crippen LogP contribution in [0, 0.1) is 0 Å². The lowest BCUT2D eigenvalue weighted by Crippen LogP contribution is -2.45. The van der Waals surface area contributed by atoms with E-state index in [0.717, 1.165) is 16.5 Å². The molecule has 4 heterocycles. The van der Waals surface area contributed by atoms with Crippen LogP contribution in [0.25, 0.3) is 22.3 Å². The maximum absolute atomic E-state index is 13.4. The molecule has 0 unspecified atom stereocenters. The van der Waals surface area contributed by atoms with Crippen molar-refractivity contribution in [3.8, 4) is 17.1 Å². The monoisotopic (exact) mass is 406 g/mol. The number of hydrogen-bond donors (Lipinski definition) is 1. The summed E-state index contributed by atoms with van der Waals surface area (Å²) >= 11 is 0. The van der Waals surface area contributed by atoms with Crippen LogP contribution in [0.15, 0.2) is 35.1 Å². The molecule has 1 N–H and O–H groups in total. The van der Waals surface area contributed by atoms with Crippen LogP contribution in [0.4, 0.5) is 0 Å². The number of fused-ring (bicyclic) bond motifs is 5. The van der Waals surface area contributed by atoms with Crippen molar-refractivity contribution in [2.45, 2.75) is 52.0 Å². The second-order valence-corrected chi connectivity index (χ2v) is 8.07. The number of esters is 1. The van der Waals surface area contributed by atoms with Gasteiger partial charge in [0.2, 0.25) is 0 Å². The summed E-state index contributed by atoms with van der Waals surface area (Å²) in [6.45, 7) is 5.58. The van der Waals surface area contributed by atoms with E-state index >= 15 is 0 Å². The summed E-state index contributed by atoms with van der Waals surface area (Å²) in [6.07, 6.45) is -0.173. The highest BCUT2D eigenvalue weighted by molar-refractivity contribution is 5.89. The van der Waals surface area contributed by atoms with Gasteiger partial charge in [-0.2, -0.15) is 0 Å². The summed E-state index contributed by atoms with van der Waals surface area (Å²) in [7, 11) is 0. The van der Waals surface area contributed by atoms with Gasteiger partial charge in [0.25, 0.3) is 5.56 Å². The third-order valence-corrected chi connectivity index (χ3v) is 5.84. The van der Waals surface area contributed by atoms with Crippen LogP contribution in [0.1, 0.15) is 43.9 Å². The molecular formula is C23H22N2O5. The van der Waals surface area contributed by atoms with Gasteiger partial charge >= 0.3 is 5.97 Å². The predicted octanol–water partition coefficient (Wildman–Crippen LogP) is 2.87. The van der Waals surface area contributed by atoms with E-state index in [0.29, 0.717) is 23.7 Å². The number of aromatic nitrogens is 2. The van der Waals surface area contributed by atoms with Crippen molar-refractivity contribution in [1.82, 2.24) is 9.55 Å². The number of cyclic esters (lactones) is 1. The molecular weight excluding hydrogens is 384 g/mol. The molecule has 0 fully saturated rings. The van der Waals surface area contributed by atoms with Gasteiger partial charge in [0.05, 0.1) is 35.0 Å². The van der Waals surface area contributed by atoms with Crippen molar-refractivity contribution in [3.05, 3.63) is 57.4 Å². The Kier molecular flexibility index (Phi) is 4.02. The van der Waals surface area contributed by atoms with Crippen LogP contribution < -0.4 is 10.3 Å². The van der Waals surface area contributed by atoms with Crippen LogP contribution in [-0.2, 0) is 28.3 Å². The van der Waals surface area contributed by atoms with Crippen molar-refractivity contribution < 1.29 is 19.4 Å². The maximum Gasteiger partial charge on any atom is 0.343 e. The average Bonchev–Trinajstić information content (AvgIpc) is 3.10. The average molecular weight is 406 g/mol. The lowest BCUT2D eigenvalue weighted by molar-refractivity contribution is -0.172. The second kappa shape index (κ2) is 6.40. The summed E-state index contributed by atoms with van der Waals surface area (Å²) in [6, 6.07) is 9.77. The van der Waals surface area contributed by atoms with Gasteiger partial charge < -0.3 is 14.6 Å². The lowest BCUT2D eigenvalue weighted by atomic mass is 9.85. The number of aliphatic hydroxyl groups is 1. The highest BCUT2D eigenvalue weighted by Crippen LogP contribution is 2.46. The SMILES string of the molecule is CC[C@@]1(O)C(=O)OCc2c1c(OC(C)C)c1n(c2=O)Cc2cc3ccccc3nc2-1. The van der Waals surface area contributed by atoms with E-state index < -0.39 is 11.6 Å². The number of pyridine rings is 2. The molecule has 0 spiro atoms. The molecule has 30 heavy (non-hydrogen) atoms. The Morgan fingerprint density at radius 3 is 2.80 bits per heavy atom. The Labute approximate surface area is 172 Å². The molecule has 7 heteroatoms. The molecule has 1 atom stereocenters. The summed E-state index contributed by atoms with van der Waals surface area (Å²) in [5.41, 5.74) is 1.09. The van der Waals surface area contributed by atoms with Crippen LogP contribution in [0.2, 0.25) is 0 Å². The van der Waals surface area contributed by atoms with Crippen LogP contribution >= 0.6 is 0 Å². The van der Waals surface area contributed by atoms with Gasteiger partial charge in [-0.05, 0) is 32.4 Å². The van der Waals surface area contributed by atoms with Crippen LogP contribution in [0.5, 0.6) is 5.75 Å². The van der Waals surface area contributed by atoms with Gasteiger partial charge in [0.15, 0.2) is 11.4 Å². The van der Waals surface area contributed by atoms with Gasteiger partial charge in [-0.3, -0.25) is 9.36 Å². The summed E-state index contributed by atoms with van der Waals surface area (Å²) in [5, 5.41) is 12.2. The predicted molar refractivity (Wildman–Crippen MR) is 110 cm³/mol. The number of benzene rings is 1. The van der Waals surface area contributed by atoms with Crippen LogP contribution in [0.3, 0.4) is 0 Å². The largest absolute Gasteiger partial charge is 0.488 e. The van der Waals surface area contributed by atoms with E-state index in [1.165, 1.54) is 0 Å². The minimum absolute atomic E-state index is 0.0637. The zero-order valence-electron chi connectivity index (χ0n) is 17.1. The third kappa shape index (κ3) is 2.45. The van der Waals surface area contributed by atoms with E-state index in [9.17, 15) is 14.7 Å². The van der Waals surface area contributed by atoms with E-state index in [-0.39, 0.29) is 35.8 Å². The topological polar surface area (TPSA) is 90.7 Å². The smallest absolute Gasteiger partial charge is 0.343 e. The molecule has 7 nitrogen and oxygen atoms in total. The Hall–Kier alpha value is -3.19. The highest BCUT2D eigenvalue weighted by atomic mass is 16.6. The molecule has 3 aromatic rings. The fraction of sp³-hybridized carbons (Fsp3) is 0.348. The van der Waals surface area contributed by atoms with Gasteiger partial charge in [-0.25, -0.2) is 9.78 Å². The molecule has 2 aliphatic rings. The fourth-order valence-electron chi connectivity index (χ4n) is 4.39. The first-order valence-electron chi connectivity index (χ1n) is 10.1. The molecule has 0 saturated heterocycles. The zero-order valence-corrected chi connectivity index (χ0v) is 17.1. The number of ether oxygens (including phenoxy) is 2. The highest BCUT2D eigenvalue weighted by Gasteiger charge is 2.49. The fourth-order valence-corrected chi connectivity index (χ4v) is 4.39. The summed E-state index contributed by atoms with van der Waals surface area (Å²) in [5.74, 6) is -0.428. The Balaban J connectivity index is 1.90. The molecule has 0 radical (unpaired) electrons. The minimum atomic E-state index is -1.94. The molecule has 0 saturated carbocycles. The quantitative estimate of drug-likeness (QED) is 0.526. The van der Waals surface area contributed by atoms with E-state index in [4.69, 9.17) is 14.5 Å². The number of nitrogens with zero attached hydrogens (tertiary/aromatic N) is 2. The molecule has 2 aromatic heterocycles. The first kappa shape index (κ1) is 18.8. The van der Waals surface area contributed by atoms with Crippen molar-refractivity contribution >= 4 is 16.9 Å². The number of carbonyl (C=O) groups excluding carboxylic acids is 1. The summed E-state index contributed by atoms with van der Waals surface area (Å²) < 4.78 is 12.9. The maximum atomic E-state index is 13.4. The van der Waals surface area contributed by atoms with Gasteiger partial charge in [0.1, 0.15) is 12.3 Å². The van der Waals surface area contributed by atoms with Crippen LogP contribution in [-0.4, -0.2) is 26.7 Å². The van der Waals surface area contributed by atoms with Crippen molar-refractivity contribution in [3.63, 3.8) is 0 Å². The van der Waals surface area contributed by atoms with E-state index in [1.807, 2.05) is 44.2 Å². The van der Waals surface area contributed by atoms with E-state index in [1.54, 1.807) is 11.5 Å². The molecule has 2 aliphatic heterocycles. The minimum Gasteiger partial charge on any atom is -0.488 e. The van der Waals surface area contributed by atoms with Gasteiger partial charge in [-0.15, -0.1) is 0 Å². The number of carbonyl (C=O) groups is 1. The Bertz CT molecular complexity index is 1280. The lowest BCUT2D eigenvalue weighted by Gasteiger charge is -2.34. The first-order valence-corrected chi connectivity index (χ1v) is 10.1. The molecule has 0 amide bonds. The van der Waals surface area contributed by atoms with Crippen molar-refractivity contribution in [1.29, 1.82) is 0 Å². The van der Waals surface area contributed by atoms with Crippen molar-refractivity contribution in [2.24, 2.45) is 0 Å². The zero-order chi connectivity index (χ0) is 21.2. The Morgan fingerprint density at radius 2 is 2.07 bits per heavy atom. The van der Waals surface area contributed by atoms with Gasteiger partial charge in [-0.1, -0.05) is 25.1 Å². The number of para-hydroxylation sites is 1. The molecule has 0 aliphatic carbocycles. The normalized spacial score (nSPS) is 19.4. The third-order valence-electron chi connectivity index (χ3n) is 5.84. The number of rotatable bonds is 3. The standard InChI is InChI=1S/C23H22N2O5/c1-4-23(28)17-15(11-29-22(23)27)21(26)25-10-14-9-13-7-5-6-8-16(13)24-18(14)19(25)20(17)30-12(2)3/h5-9,12,28H,4,10-11H2,1-3H3/t23-/m0/s1. The Morgan fingerprint density at radius 1 is 1.30 bits per heavy atom. The van der Waals surface area contributed by atoms with E-state index in [2.05, 4.69) is 0 Å². The van der Waals surface area contributed by atoms with Gasteiger partial charge in [0, 0.05) is 10.9 Å². The molecule has 1 aromatic carbocycles. The molecule has 154 valence electrons. The summed E-state index contributed by atoms with van der Waals surface area (Å²) in [4.78, 5) is 30.7.